The summed E-state index contributed by atoms with van der Waals surface area (Å²) in [6, 6.07) is 10.3. The Labute approximate surface area is 129 Å². The van der Waals surface area contributed by atoms with Crippen molar-refractivity contribution in [1.82, 2.24) is 14.7 Å². The van der Waals surface area contributed by atoms with Gasteiger partial charge in [-0.3, -0.25) is 9.58 Å². The van der Waals surface area contributed by atoms with Gasteiger partial charge < -0.3 is 10.5 Å². The molecule has 2 heterocycles. The van der Waals surface area contributed by atoms with Crippen LogP contribution in [0.1, 0.15) is 17.0 Å². The number of hydrogen-bond donors (Lipinski definition) is 1. The van der Waals surface area contributed by atoms with E-state index in [0.29, 0.717) is 6.54 Å². The van der Waals surface area contributed by atoms with Crippen molar-refractivity contribution in [3.05, 3.63) is 53.9 Å². The summed E-state index contributed by atoms with van der Waals surface area (Å²) in [4.78, 5) is 13.4. The Kier molecular flexibility index (Phi) is 4.11. The van der Waals surface area contributed by atoms with Crippen LogP contribution in [0.3, 0.4) is 0 Å². The van der Waals surface area contributed by atoms with E-state index >= 15 is 0 Å². The summed E-state index contributed by atoms with van der Waals surface area (Å²) in [5, 5.41) is 4.21. The zero-order chi connectivity index (χ0) is 15.5. The molecule has 1 fully saturated rings. The first-order valence-corrected chi connectivity index (χ1v) is 7.33. The maximum absolute atomic E-state index is 11.2. The summed E-state index contributed by atoms with van der Waals surface area (Å²) in [6.45, 7) is 2.33. The van der Waals surface area contributed by atoms with Gasteiger partial charge >= 0.3 is 6.09 Å². The van der Waals surface area contributed by atoms with Crippen molar-refractivity contribution in [3.63, 3.8) is 0 Å². The molecule has 2 aromatic rings. The molecule has 1 aliphatic rings. The third kappa shape index (κ3) is 3.28. The number of primary amides is 1. The first kappa shape index (κ1) is 14.6. The fraction of sp³-hybridized carbons (Fsp3) is 0.375. The van der Waals surface area contributed by atoms with E-state index in [2.05, 4.69) is 22.1 Å². The number of benzene rings is 1. The number of likely N-dealkylation sites (tertiary alicyclic amines) is 1. The van der Waals surface area contributed by atoms with E-state index in [1.807, 2.05) is 37.6 Å². The number of amides is 1. The molecule has 0 aliphatic carbocycles. The minimum Gasteiger partial charge on any atom is -0.444 e. The summed E-state index contributed by atoms with van der Waals surface area (Å²) in [5.41, 5.74) is 7.53. The van der Waals surface area contributed by atoms with Crippen LogP contribution in [-0.2, 0) is 18.3 Å². The molecular weight excluding hydrogens is 280 g/mol. The van der Waals surface area contributed by atoms with E-state index in [1.165, 1.54) is 5.56 Å². The molecule has 1 amide bonds. The smallest absolute Gasteiger partial charge is 0.404 e. The standard InChI is InChI=1S/C16H20N4O2/c1-19-9-13(7-18-19)14-10-20(11-15(14)22-16(17)21)8-12-5-3-2-4-6-12/h2-7,9,14-15H,8,10-11H2,1H3,(H2,17,21)/t14-,15+/m0/s1. The average Bonchev–Trinajstić information content (AvgIpc) is 3.06. The van der Waals surface area contributed by atoms with Gasteiger partial charge in [-0.15, -0.1) is 0 Å². The van der Waals surface area contributed by atoms with Crippen LogP contribution in [0.5, 0.6) is 0 Å². The van der Waals surface area contributed by atoms with Crippen molar-refractivity contribution in [2.75, 3.05) is 13.1 Å². The fourth-order valence-corrected chi connectivity index (χ4v) is 3.04. The molecule has 0 unspecified atom stereocenters. The molecule has 1 aromatic heterocycles. The normalized spacial score (nSPS) is 21.9. The highest BCUT2D eigenvalue weighted by Gasteiger charge is 2.36. The number of aryl methyl sites for hydroxylation is 1. The SMILES string of the molecule is Cn1cc([C@@H]2CN(Cc3ccccc3)C[C@H]2OC(N)=O)cn1. The number of carbonyl (C=O) groups is 1. The number of rotatable bonds is 4. The van der Waals surface area contributed by atoms with Crippen molar-refractivity contribution >= 4 is 6.09 Å². The van der Waals surface area contributed by atoms with Gasteiger partial charge in [0.05, 0.1) is 6.20 Å². The second-order valence-electron chi connectivity index (χ2n) is 5.71. The monoisotopic (exact) mass is 300 g/mol. The number of hydrogen-bond acceptors (Lipinski definition) is 4. The minimum absolute atomic E-state index is 0.102. The van der Waals surface area contributed by atoms with Gasteiger partial charge in [0.2, 0.25) is 0 Å². The van der Waals surface area contributed by atoms with Crippen LogP contribution in [0.15, 0.2) is 42.7 Å². The summed E-state index contributed by atoms with van der Waals surface area (Å²) in [6.07, 6.45) is 2.84. The van der Waals surface area contributed by atoms with Crippen LogP contribution in [0.25, 0.3) is 0 Å². The largest absolute Gasteiger partial charge is 0.444 e. The Morgan fingerprint density at radius 3 is 2.77 bits per heavy atom. The lowest BCUT2D eigenvalue weighted by molar-refractivity contribution is 0.102. The van der Waals surface area contributed by atoms with Crippen molar-refractivity contribution in [2.45, 2.75) is 18.6 Å². The van der Waals surface area contributed by atoms with E-state index in [-0.39, 0.29) is 12.0 Å². The van der Waals surface area contributed by atoms with Crippen molar-refractivity contribution in [3.8, 4) is 0 Å². The molecule has 0 spiro atoms. The second-order valence-corrected chi connectivity index (χ2v) is 5.71. The fourth-order valence-electron chi connectivity index (χ4n) is 3.04. The van der Waals surface area contributed by atoms with E-state index in [4.69, 9.17) is 10.5 Å². The summed E-state index contributed by atoms with van der Waals surface area (Å²) < 4.78 is 7.08. The summed E-state index contributed by atoms with van der Waals surface area (Å²) in [5.74, 6) is 0.102. The van der Waals surface area contributed by atoms with Gasteiger partial charge in [-0.2, -0.15) is 5.10 Å². The predicted octanol–water partition coefficient (Wildman–Crippen LogP) is 1.48. The molecular formula is C16H20N4O2. The number of ether oxygens (including phenoxy) is 1. The number of aromatic nitrogens is 2. The third-order valence-corrected chi connectivity index (χ3v) is 4.01. The second kappa shape index (κ2) is 6.19. The lowest BCUT2D eigenvalue weighted by Crippen LogP contribution is -2.28. The molecule has 1 aromatic carbocycles. The van der Waals surface area contributed by atoms with E-state index in [9.17, 15) is 4.79 Å². The zero-order valence-electron chi connectivity index (χ0n) is 12.6. The number of carbonyl (C=O) groups excluding carboxylic acids is 1. The Balaban J connectivity index is 1.74. The molecule has 6 nitrogen and oxygen atoms in total. The van der Waals surface area contributed by atoms with E-state index in [1.54, 1.807) is 4.68 Å². The molecule has 1 saturated heterocycles. The van der Waals surface area contributed by atoms with E-state index < -0.39 is 6.09 Å². The van der Waals surface area contributed by atoms with Gasteiger partial charge in [-0.25, -0.2) is 4.79 Å². The number of nitrogens with two attached hydrogens (primary N) is 1. The molecule has 0 bridgehead atoms. The predicted molar refractivity (Wildman–Crippen MR) is 82.1 cm³/mol. The first-order chi connectivity index (χ1) is 10.6. The van der Waals surface area contributed by atoms with Crippen LogP contribution >= 0.6 is 0 Å². The lowest BCUT2D eigenvalue weighted by Gasteiger charge is -2.16. The van der Waals surface area contributed by atoms with Crippen LogP contribution < -0.4 is 5.73 Å². The highest BCUT2D eigenvalue weighted by atomic mass is 16.6. The highest BCUT2D eigenvalue weighted by molar-refractivity contribution is 5.65. The van der Waals surface area contributed by atoms with Crippen LogP contribution in [0, 0.1) is 0 Å². The van der Waals surface area contributed by atoms with Gasteiger partial charge in [-0.1, -0.05) is 30.3 Å². The number of nitrogens with zero attached hydrogens (tertiary/aromatic N) is 3. The van der Waals surface area contributed by atoms with Crippen molar-refractivity contribution in [1.29, 1.82) is 0 Å². The molecule has 0 saturated carbocycles. The molecule has 1 aliphatic heterocycles. The average molecular weight is 300 g/mol. The molecule has 2 N–H and O–H groups in total. The lowest BCUT2D eigenvalue weighted by atomic mass is 9.99. The van der Waals surface area contributed by atoms with Gasteiger partial charge in [0.1, 0.15) is 6.10 Å². The Morgan fingerprint density at radius 1 is 1.36 bits per heavy atom. The Bertz CT molecular complexity index is 641. The van der Waals surface area contributed by atoms with Crippen molar-refractivity contribution in [2.24, 2.45) is 12.8 Å². The highest BCUT2D eigenvalue weighted by Crippen LogP contribution is 2.30. The van der Waals surface area contributed by atoms with Gasteiger partial charge in [-0.05, 0) is 11.1 Å². The maximum atomic E-state index is 11.2. The summed E-state index contributed by atoms with van der Waals surface area (Å²) in [7, 11) is 1.88. The molecule has 22 heavy (non-hydrogen) atoms. The molecule has 0 radical (unpaired) electrons. The van der Waals surface area contributed by atoms with Crippen LogP contribution in [0.2, 0.25) is 0 Å². The maximum Gasteiger partial charge on any atom is 0.404 e. The minimum atomic E-state index is -0.722. The van der Waals surface area contributed by atoms with Crippen LogP contribution in [-0.4, -0.2) is 40.0 Å². The zero-order valence-corrected chi connectivity index (χ0v) is 12.6. The first-order valence-electron chi connectivity index (χ1n) is 7.33. The Morgan fingerprint density at radius 2 is 2.14 bits per heavy atom. The molecule has 116 valence electrons. The molecule has 2 atom stereocenters. The third-order valence-electron chi connectivity index (χ3n) is 4.01. The van der Waals surface area contributed by atoms with Crippen molar-refractivity contribution < 1.29 is 9.53 Å². The van der Waals surface area contributed by atoms with Gasteiger partial charge in [0.25, 0.3) is 0 Å². The molecule has 6 heteroatoms. The van der Waals surface area contributed by atoms with E-state index in [0.717, 1.165) is 18.7 Å². The Hall–Kier alpha value is -2.34. The van der Waals surface area contributed by atoms with Crippen LogP contribution in [0.4, 0.5) is 4.79 Å². The van der Waals surface area contributed by atoms with Gasteiger partial charge in [0, 0.05) is 38.8 Å². The quantitative estimate of drug-likeness (QED) is 0.928. The summed E-state index contributed by atoms with van der Waals surface area (Å²) >= 11 is 0. The van der Waals surface area contributed by atoms with Gasteiger partial charge in [0.15, 0.2) is 0 Å². The molecule has 3 rings (SSSR count). The topological polar surface area (TPSA) is 73.4 Å².